The molecule has 0 bridgehead atoms. The second-order valence-corrected chi connectivity index (χ2v) is 3.36. The van der Waals surface area contributed by atoms with Crippen LogP contribution in [0.15, 0.2) is 12.1 Å². The average molecular weight is 230 g/mol. The molecule has 15 heavy (non-hydrogen) atoms. The van der Waals surface area contributed by atoms with Gasteiger partial charge < -0.3 is 9.47 Å². The summed E-state index contributed by atoms with van der Waals surface area (Å²) in [5.41, 5.74) is 0.661. The van der Waals surface area contributed by atoms with E-state index in [1.165, 1.54) is 14.2 Å². The van der Waals surface area contributed by atoms with E-state index in [-0.39, 0.29) is 5.97 Å². The van der Waals surface area contributed by atoms with Crippen molar-refractivity contribution in [3.05, 3.63) is 22.8 Å². The molecule has 1 aromatic rings. The molecule has 5 heteroatoms. The summed E-state index contributed by atoms with van der Waals surface area (Å²) in [5, 5.41) is 0.327. The summed E-state index contributed by atoms with van der Waals surface area (Å²) in [5.74, 6) is -0.410. The fraction of sp³-hybridized carbons (Fsp3) is 0.400. The maximum absolute atomic E-state index is 11.3. The first-order valence-corrected chi connectivity index (χ1v) is 4.76. The number of carbonyl (C=O) groups excluding carboxylic acids is 1. The van der Waals surface area contributed by atoms with Crippen LogP contribution in [-0.2, 0) is 9.53 Å². The van der Waals surface area contributed by atoms with Crippen LogP contribution in [0.25, 0.3) is 0 Å². The molecule has 1 heterocycles. The van der Waals surface area contributed by atoms with Crippen LogP contribution in [0.5, 0.6) is 5.88 Å². The maximum Gasteiger partial charge on any atom is 0.313 e. The first-order chi connectivity index (χ1) is 7.10. The number of halogens is 1. The van der Waals surface area contributed by atoms with Crippen molar-refractivity contribution in [3.63, 3.8) is 0 Å². The lowest BCUT2D eigenvalue weighted by Crippen LogP contribution is -2.12. The molecular weight excluding hydrogens is 218 g/mol. The third kappa shape index (κ3) is 2.59. The Morgan fingerprint density at radius 3 is 2.67 bits per heavy atom. The van der Waals surface area contributed by atoms with Crippen molar-refractivity contribution in [2.24, 2.45) is 0 Å². The zero-order valence-electron chi connectivity index (χ0n) is 8.78. The molecule has 0 aliphatic rings. The minimum absolute atomic E-state index is 0.327. The molecule has 1 atom stereocenters. The molecular formula is C10H12ClNO3. The number of aromatic nitrogens is 1. The van der Waals surface area contributed by atoms with Gasteiger partial charge in [-0.2, -0.15) is 0 Å². The molecule has 0 fully saturated rings. The number of hydrogen-bond acceptors (Lipinski definition) is 4. The molecule has 0 spiro atoms. The summed E-state index contributed by atoms with van der Waals surface area (Å²) in [6.07, 6.45) is 0. The second-order valence-electron chi connectivity index (χ2n) is 2.98. The van der Waals surface area contributed by atoms with Gasteiger partial charge in [-0.05, 0) is 19.1 Å². The maximum atomic E-state index is 11.3. The van der Waals surface area contributed by atoms with Gasteiger partial charge >= 0.3 is 5.97 Å². The summed E-state index contributed by atoms with van der Waals surface area (Å²) in [4.78, 5) is 15.3. The highest BCUT2D eigenvalue weighted by molar-refractivity contribution is 6.29. The first kappa shape index (κ1) is 11.8. The summed E-state index contributed by atoms with van der Waals surface area (Å²) in [6.45, 7) is 1.72. The van der Waals surface area contributed by atoms with Gasteiger partial charge in [0.25, 0.3) is 0 Å². The van der Waals surface area contributed by atoms with Crippen molar-refractivity contribution in [3.8, 4) is 5.88 Å². The van der Waals surface area contributed by atoms with Crippen molar-refractivity contribution in [2.45, 2.75) is 12.8 Å². The Labute approximate surface area is 93.2 Å². The van der Waals surface area contributed by atoms with Gasteiger partial charge in [-0.15, -0.1) is 0 Å². The van der Waals surface area contributed by atoms with Gasteiger partial charge in [-0.25, -0.2) is 4.98 Å². The zero-order valence-corrected chi connectivity index (χ0v) is 9.54. The van der Waals surface area contributed by atoms with Crippen LogP contribution >= 0.6 is 11.6 Å². The number of methoxy groups -OCH3 is 2. The largest absolute Gasteiger partial charge is 0.481 e. The molecule has 1 aromatic heterocycles. The quantitative estimate of drug-likeness (QED) is 0.588. The average Bonchev–Trinajstić information content (AvgIpc) is 2.26. The van der Waals surface area contributed by atoms with Crippen LogP contribution in [0.3, 0.4) is 0 Å². The third-order valence-corrected chi connectivity index (χ3v) is 2.28. The molecule has 4 nitrogen and oxygen atoms in total. The van der Waals surface area contributed by atoms with Crippen molar-refractivity contribution in [1.29, 1.82) is 0 Å². The molecule has 82 valence electrons. The predicted octanol–water partition coefficient (Wildman–Crippen LogP) is 2.02. The van der Waals surface area contributed by atoms with Gasteiger partial charge in [-0.1, -0.05) is 11.6 Å². The number of ether oxygens (including phenoxy) is 2. The van der Waals surface area contributed by atoms with E-state index >= 15 is 0 Å². The summed E-state index contributed by atoms with van der Waals surface area (Å²) in [7, 11) is 2.82. The number of pyridine rings is 1. The fourth-order valence-corrected chi connectivity index (χ4v) is 1.37. The Bertz CT molecular complexity index is 368. The third-order valence-electron chi connectivity index (χ3n) is 2.07. The van der Waals surface area contributed by atoms with Gasteiger partial charge in [-0.3, -0.25) is 4.79 Å². The normalized spacial score (nSPS) is 12.0. The SMILES string of the molecule is COC(=O)[C@@H](C)c1ccc(Cl)nc1OC. The Kier molecular flexibility index (Phi) is 3.91. The van der Waals surface area contributed by atoms with E-state index in [9.17, 15) is 4.79 Å². The van der Waals surface area contributed by atoms with Crippen molar-refractivity contribution in [2.75, 3.05) is 14.2 Å². The molecule has 0 radical (unpaired) electrons. The van der Waals surface area contributed by atoms with Crippen LogP contribution in [0.1, 0.15) is 18.4 Å². The van der Waals surface area contributed by atoms with Crippen LogP contribution in [-0.4, -0.2) is 25.2 Å². The van der Waals surface area contributed by atoms with E-state index < -0.39 is 5.92 Å². The summed E-state index contributed by atoms with van der Waals surface area (Å²) >= 11 is 5.71. The van der Waals surface area contributed by atoms with Gasteiger partial charge in [0.2, 0.25) is 5.88 Å². The summed E-state index contributed by atoms with van der Waals surface area (Å²) < 4.78 is 9.68. The van der Waals surface area contributed by atoms with Crippen LogP contribution in [0.2, 0.25) is 5.15 Å². The second kappa shape index (κ2) is 4.98. The van der Waals surface area contributed by atoms with Crippen molar-refractivity contribution in [1.82, 2.24) is 4.98 Å². The van der Waals surface area contributed by atoms with E-state index in [4.69, 9.17) is 16.3 Å². The highest BCUT2D eigenvalue weighted by Gasteiger charge is 2.20. The number of hydrogen-bond donors (Lipinski definition) is 0. The van der Waals surface area contributed by atoms with E-state index in [0.29, 0.717) is 16.6 Å². The topological polar surface area (TPSA) is 48.4 Å². The monoisotopic (exact) mass is 229 g/mol. The molecule has 1 rings (SSSR count). The summed E-state index contributed by atoms with van der Waals surface area (Å²) in [6, 6.07) is 3.31. The molecule has 0 saturated carbocycles. The molecule has 0 amide bonds. The Morgan fingerprint density at radius 2 is 2.13 bits per heavy atom. The highest BCUT2D eigenvalue weighted by atomic mass is 35.5. The minimum atomic E-state index is -0.422. The van der Waals surface area contributed by atoms with Crippen LogP contribution in [0.4, 0.5) is 0 Å². The molecule has 0 unspecified atom stereocenters. The molecule has 0 saturated heterocycles. The lowest BCUT2D eigenvalue weighted by Gasteiger charge is -2.12. The van der Waals surface area contributed by atoms with Gasteiger partial charge in [0.15, 0.2) is 0 Å². The van der Waals surface area contributed by atoms with Gasteiger partial charge in [0, 0.05) is 5.56 Å². The van der Waals surface area contributed by atoms with E-state index in [0.717, 1.165) is 0 Å². The number of esters is 1. The first-order valence-electron chi connectivity index (χ1n) is 4.38. The molecule has 0 aliphatic heterocycles. The minimum Gasteiger partial charge on any atom is -0.481 e. The van der Waals surface area contributed by atoms with Crippen LogP contribution in [0, 0.1) is 0 Å². The number of nitrogens with zero attached hydrogens (tertiary/aromatic N) is 1. The molecule has 0 N–H and O–H groups in total. The molecule has 0 aliphatic carbocycles. The number of rotatable bonds is 3. The van der Waals surface area contributed by atoms with Gasteiger partial charge in [0.05, 0.1) is 20.1 Å². The smallest absolute Gasteiger partial charge is 0.313 e. The predicted molar refractivity (Wildman–Crippen MR) is 56.2 cm³/mol. The van der Waals surface area contributed by atoms with Crippen molar-refractivity contribution < 1.29 is 14.3 Å². The van der Waals surface area contributed by atoms with E-state index in [2.05, 4.69) is 9.72 Å². The highest BCUT2D eigenvalue weighted by Crippen LogP contribution is 2.26. The van der Waals surface area contributed by atoms with Gasteiger partial charge in [0.1, 0.15) is 5.15 Å². The lowest BCUT2D eigenvalue weighted by atomic mass is 10.0. The zero-order chi connectivity index (χ0) is 11.4. The fourth-order valence-electron chi connectivity index (χ4n) is 1.23. The number of carbonyl (C=O) groups is 1. The van der Waals surface area contributed by atoms with Crippen LogP contribution < -0.4 is 4.74 Å². The van der Waals surface area contributed by atoms with E-state index in [1.807, 2.05) is 0 Å². The lowest BCUT2D eigenvalue weighted by molar-refractivity contribution is -0.142. The standard InChI is InChI=1S/C10H12ClNO3/c1-6(10(13)15-3)7-4-5-8(11)12-9(7)14-2/h4-6H,1-3H3/t6-/m0/s1. The molecule has 0 aromatic carbocycles. The Morgan fingerprint density at radius 1 is 1.47 bits per heavy atom. The Hall–Kier alpha value is -1.29. The van der Waals surface area contributed by atoms with Crippen molar-refractivity contribution >= 4 is 17.6 Å². The Balaban J connectivity index is 3.07. The van der Waals surface area contributed by atoms with E-state index in [1.54, 1.807) is 19.1 Å².